The van der Waals surface area contributed by atoms with Crippen LogP contribution in [0.4, 0.5) is 4.39 Å². The number of rotatable bonds is 4. The van der Waals surface area contributed by atoms with Gasteiger partial charge in [0.1, 0.15) is 12.4 Å². The summed E-state index contributed by atoms with van der Waals surface area (Å²) in [6, 6.07) is 11.7. The molecule has 0 N–H and O–H groups in total. The number of amides is 1. The number of likely N-dealkylation sites (N-methyl/N-ethyl adjacent to an activating group) is 1. The quantitative estimate of drug-likeness (QED) is 0.790. The monoisotopic (exact) mass is 393 g/mol. The lowest BCUT2D eigenvalue weighted by Crippen LogP contribution is -2.43. The van der Waals surface area contributed by atoms with E-state index < -0.39 is 5.82 Å². The average molecular weight is 394 g/mol. The number of benzene rings is 2. The minimum absolute atomic E-state index is 0.0448. The highest BCUT2D eigenvalue weighted by Crippen LogP contribution is 2.31. The molecule has 0 fully saturated rings. The van der Waals surface area contributed by atoms with Crippen LogP contribution in [0.5, 0.6) is 11.5 Å². The third kappa shape index (κ3) is 3.53. The van der Waals surface area contributed by atoms with Crippen molar-refractivity contribution in [1.29, 1.82) is 0 Å². The summed E-state index contributed by atoms with van der Waals surface area (Å²) in [5.41, 5.74) is 0.0448. The first-order valence-electron chi connectivity index (χ1n) is 7.71. The van der Waals surface area contributed by atoms with Crippen molar-refractivity contribution < 1.29 is 18.7 Å². The molecule has 1 aliphatic heterocycles. The summed E-state index contributed by atoms with van der Waals surface area (Å²) < 4.78 is 26.2. The van der Waals surface area contributed by atoms with E-state index in [-0.39, 0.29) is 17.6 Å². The molecule has 0 radical (unpaired) electrons. The third-order valence-electron chi connectivity index (χ3n) is 3.82. The molecule has 0 saturated heterocycles. The second kappa shape index (κ2) is 7.21. The van der Waals surface area contributed by atoms with E-state index in [2.05, 4.69) is 15.9 Å². The Morgan fingerprint density at radius 2 is 2.04 bits per heavy atom. The van der Waals surface area contributed by atoms with E-state index in [9.17, 15) is 9.18 Å². The molecule has 1 amide bonds. The van der Waals surface area contributed by atoms with Crippen molar-refractivity contribution in [3.63, 3.8) is 0 Å². The first kappa shape index (κ1) is 16.8. The summed E-state index contributed by atoms with van der Waals surface area (Å²) in [6.45, 7) is 2.98. The van der Waals surface area contributed by atoms with Crippen molar-refractivity contribution in [1.82, 2.24) is 4.90 Å². The Bertz CT molecular complexity index is 753. The van der Waals surface area contributed by atoms with Crippen molar-refractivity contribution >= 4 is 21.8 Å². The topological polar surface area (TPSA) is 38.8 Å². The van der Waals surface area contributed by atoms with Gasteiger partial charge < -0.3 is 14.4 Å². The zero-order chi connectivity index (χ0) is 17.1. The molecule has 24 heavy (non-hydrogen) atoms. The molecule has 1 atom stereocenters. The largest absolute Gasteiger partial charge is 0.486 e. The fourth-order valence-corrected chi connectivity index (χ4v) is 2.95. The predicted octanol–water partition coefficient (Wildman–Crippen LogP) is 3.89. The number of nitrogens with zero attached hydrogens (tertiary/aromatic N) is 1. The molecule has 2 aromatic rings. The lowest BCUT2D eigenvalue weighted by atomic mass is 10.1. The van der Waals surface area contributed by atoms with Crippen LogP contribution < -0.4 is 9.47 Å². The molecule has 0 aromatic heterocycles. The van der Waals surface area contributed by atoms with Crippen LogP contribution in [-0.2, 0) is 0 Å². The zero-order valence-corrected chi connectivity index (χ0v) is 14.8. The molecule has 0 saturated carbocycles. The zero-order valence-electron chi connectivity index (χ0n) is 13.2. The predicted molar refractivity (Wildman–Crippen MR) is 92.0 cm³/mol. The van der Waals surface area contributed by atoms with Gasteiger partial charge in [0.2, 0.25) is 0 Å². The highest BCUT2D eigenvalue weighted by Gasteiger charge is 2.26. The van der Waals surface area contributed by atoms with Gasteiger partial charge in [-0.1, -0.05) is 28.1 Å². The number of carbonyl (C=O) groups excluding carboxylic acids is 1. The Labute approximate surface area is 148 Å². The summed E-state index contributed by atoms with van der Waals surface area (Å²) >= 11 is 3.27. The molecule has 0 aliphatic carbocycles. The number of carbonyl (C=O) groups is 1. The van der Waals surface area contributed by atoms with Gasteiger partial charge in [-0.3, -0.25) is 4.79 Å². The maximum atomic E-state index is 14.0. The summed E-state index contributed by atoms with van der Waals surface area (Å²) in [5, 5.41) is 0. The Balaban J connectivity index is 1.73. The summed E-state index contributed by atoms with van der Waals surface area (Å²) in [7, 11) is 0. The molecule has 0 bridgehead atoms. The number of para-hydroxylation sites is 2. The van der Waals surface area contributed by atoms with Gasteiger partial charge in [-0.15, -0.1) is 0 Å². The maximum absolute atomic E-state index is 14.0. The van der Waals surface area contributed by atoms with Gasteiger partial charge in [0.25, 0.3) is 5.91 Å². The van der Waals surface area contributed by atoms with Crippen LogP contribution in [0, 0.1) is 5.82 Å². The van der Waals surface area contributed by atoms with E-state index in [0.29, 0.717) is 35.7 Å². The number of hydrogen-bond acceptors (Lipinski definition) is 3. The van der Waals surface area contributed by atoms with Gasteiger partial charge >= 0.3 is 0 Å². The molecule has 3 rings (SSSR count). The van der Waals surface area contributed by atoms with Crippen LogP contribution in [0.2, 0.25) is 0 Å². The molecule has 6 heteroatoms. The van der Waals surface area contributed by atoms with Crippen molar-refractivity contribution in [2.45, 2.75) is 13.0 Å². The third-order valence-corrected chi connectivity index (χ3v) is 4.31. The fourth-order valence-electron chi connectivity index (χ4n) is 2.59. The van der Waals surface area contributed by atoms with Crippen LogP contribution in [-0.4, -0.2) is 36.6 Å². The van der Waals surface area contributed by atoms with E-state index >= 15 is 0 Å². The second-order valence-electron chi connectivity index (χ2n) is 5.47. The van der Waals surface area contributed by atoms with E-state index in [0.717, 1.165) is 0 Å². The molecular formula is C18H17BrFNO3. The van der Waals surface area contributed by atoms with Crippen LogP contribution in [0.15, 0.2) is 46.9 Å². The van der Waals surface area contributed by atoms with Gasteiger partial charge in [0, 0.05) is 11.0 Å². The van der Waals surface area contributed by atoms with Gasteiger partial charge in [-0.25, -0.2) is 4.39 Å². The smallest absolute Gasteiger partial charge is 0.256 e. The first-order valence-corrected chi connectivity index (χ1v) is 8.50. The summed E-state index contributed by atoms with van der Waals surface area (Å²) in [6.07, 6.45) is -0.293. The molecule has 1 heterocycles. The van der Waals surface area contributed by atoms with Crippen LogP contribution in [0.25, 0.3) is 0 Å². The van der Waals surface area contributed by atoms with Gasteiger partial charge in [-0.2, -0.15) is 0 Å². The highest BCUT2D eigenvalue weighted by atomic mass is 79.9. The van der Waals surface area contributed by atoms with E-state index in [1.165, 1.54) is 12.1 Å². The fraction of sp³-hybridized carbons (Fsp3) is 0.278. The Hall–Kier alpha value is -2.08. The van der Waals surface area contributed by atoms with Gasteiger partial charge in [0.05, 0.1) is 12.1 Å². The van der Waals surface area contributed by atoms with Crippen molar-refractivity contribution in [3.8, 4) is 11.5 Å². The van der Waals surface area contributed by atoms with E-state index in [1.807, 2.05) is 31.2 Å². The summed E-state index contributed by atoms with van der Waals surface area (Å²) in [4.78, 5) is 14.2. The Morgan fingerprint density at radius 3 is 2.79 bits per heavy atom. The summed E-state index contributed by atoms with van der Waals surface area (Å²) in [5.74, 6) is 0.457. The SMILES string of the molecule is CCN(CC1COc2ccccc2O1)C(=O)c1cc(Br)ccc1F. The molecule has 0 spiro atoms. The normalized spacial score (nSPS) is 15.9. The van der Waals surface area contributed by atoms with Crippen LogP contribution >= 0.6 is 15.9 Å². The number of ether oxygens (including phenoxy) is 2. The van der Waals surface area contributed by atoms with E-state index in [1.54, 1.807) is 11.0 Å². The molecule has 1 unspecified atom stereocenters. The van der Waals surface area contributed by atoms with E-state index in [4.69, 9.17) is 9.47 Å². The van der Waals surface area contributed by atoms with Crippen LogP contribution in [0.3, 0.4) is 0 Å². The number of hydrogen-bond donors (Lipinski definition) is 0. The van der Waals surface area contributed by atoms with Crippen molar-refractivity contribution in [3.05, 3.63) is 58.3 Å². The molecule has 1 aliphatic rings. The van der Waals surface area contributed by atoms with Crippen LogP contribution in [0.1, 0.15) is 17.3 Å². The highest BCUT2D eigenvalue weighted by molar-refractivity contribution is 9.10. The average Bonchev–Trinajstić information content (AvgIpc) is 2.61. The molecule has 4 nitrogen and oxygen atoms in total. The van der Waals surface area contributed by atoms with Crippen molar-refractivity contribution in [2.75, 3.05) is 19.7 Å². The minimum Gasteiger partial charge on any atom is -0.486 e. The first-order chi connectivity index (χ1) is 11.6. The molecule has 2 aromatic carbocycles. The Morgan fingerprint density at radius 1 is 1.29 bits per heavy atom. The lowest BCUT2D eigenvalue weighted by Gasteiger charge is -2.31. The van der Waals surface area contributed by atoms with Gasteiger partial charge in [0.15, 0.2) is 17.6 Å². The number of fused-ring (bicyclic) bond motifs is 1. The lowest BCUT2D eigenvalue weighted by molar-refractivity contribution is 0.0472. The standard InChI is InChI=1S/C18H17BrFNO3/c1-2-21(18(22)14-9-12(19)7-8-15(14)20)10-13-11-23-16-5-3-4-6-17(16)24-13/h3-9,13H,2,10-11H2,1H3. The maximum Gasteiger partial charge on any atom is 0.256 e. The second-order valence-corrected chi connectivity index (χ2v) is 6.38. The Kier molecular flexibility index (Phi) is 5.04. The van der Waals surface area contributed by atoms with Gasteiger partial charge in [-0.05, 0) is 37.3 Å². The molecular weight excluding hydrogens is 377 g/mol. The molecule has 126 valence electrons. The van der Waals surface area contributed by atoms with Crippen molar-refractivity contribution in [2.24, 2.45) is 0 Å². The number of halogens is 2. The minimum atomic E-state index is -0.534.